The molecular weight excluding hydrogens is 419 g/mol. The van der Waals surface area contributed by atoms with Crippen LogP contribution in [0.3, 0.4) is 0 Å². The van der Waals surface area contributed by atoms with E-state index in [0.717, 1.165) is 50.5 Å². The fraction of sp³-hybridized carbons (Fsp3) is 0.308. The number of carbonyl (C=O) groups is 1. The molecule has 1 amide bonds. The van der Waals surface area contributed by atoms with Crippen molar-refractivity contribution in [3.63, 3.8) is 0 Å². The Bertz CT molecular complexity index is 1040. The van der Waals surface area contributed by atoms with Crippen LogP contribution in [-0.4, -0.2) is 55.1 Å². The number of para-hydroxylation sites is 3. The van der Waals surface area contributed by atoms with Crippen LogP contribution in [0, 0.1) is 5.82 Å². The SMILES string of the molecule is O=C(CCOc1ccccc1F)Nc1ccccc1N1CCN(CCc2ccncc2)CC1. The van der Waals surface area contributed by atoms with Gasteiger partial charge in [-0.1, -0.05) is 24.3 Å². The second-order valence-corrected chi connectivity index (χ2v) is 8.03. The molecule has 1 fully saturated rings. The maximum Gasteiger partial charge on any atom is 0.227 e. The Hall–Kier alpha value is -3.45. The van der Waals surface area contributed by atoms with Gasteiger partial charge in [0, 0.05) is 45.1 Å². The molecular formula is C26H29FN4O2. The Morgan fingerprint density at radius 2 is 1.70 bits per heavy atom. The molecule has 172 valence electrons. The number of piperazine rings is 1. The molecule has 33 heavy (non-hydrogen) atoms. The van der Waals surface area contributed by atoms with E-state index in [1.165, 1.54) is 11.6 Å². The van der Waals surface area contributed by atoms with Crippen LogP contribution >= 0.6 is 0 Å². The zero-order chi connectivity index (χ0) is 22.9. The molecule has 6 nitrogen and oxygen atoms in total. The van der Waals surface area contributed by atoms with Crippen molar-refractivity contribution in [1.82, 2.24) is 9.88 Å². The molecule has 0 aliphatic carbocycles. The maximum atomic E-state index is 13.6. The lowest BCUT2D eigenvalue weighted by atomic mass is 10.1. The first-order valence-corrected chi connectivity index (χ1v) is 11.3. The lowest BCUT2D eigenvalue weighted by molar-refractivity contribution is -0.116. The number of benzene rings is 2. The van der Waals surface area contributed by atoms with Crippen LogP contribution in [-0.2, 0) is 11.2 Å². The highest BCUT2D eigenvalue weighted by Crippen LogP contribution is 2.27. The van der Waals surface area contributed by atoms with Crippen molar-refractivity contribution >= 4 is 17.3 Å². The van der Waals surface area contributed by atoms with Crippen molar-refractivity contribution in [2.75, 3.05) is 49.5 Å². The summed E-state index contributed by atoms with van der Waals surface area (Å²) in [4.78, 5) is 21.3. The number of hydrogen-bond donors (Lipinski definition) is 1. The molecule has 1 N–H and O–H groups in total. The number of pyridine rings is 1. The monoisotopic (exact) mass is 448 g/mol. The average molecular weight is 449 g/mol. The van der Waals surface area contributed by atoms with Gasteiger partial charge in [-0.05, 0) is 48.4 Å². The highest BCUT2D eigenvalue weighted by Gasteiger charge is 2.19. The molecule has 0 radical (unpaired) electrons. The van der Waals surface area contributed by atoms with E-state index in [1.54, 1.807) is 18.2 Å². The number of halogens is 1. The number of hydrogen-bond acceptors (Lipinski definition) is 5. The molecule has 0 atom stereocenters. The summed E-state index contributed by atoms with van der Waals surface area (Å²) in [6, 6.07) is 18.2. The molecule has 1 saturated heterocycles. The average Bonchev–Trinajstić information content (AvgIpc) is 2.85. The van der Waals surface area contributed by atoms with Gasteiger partial charge in [0.05, 0.1) is 24.4 Å². The Labute approximate surface area is 194 Å². The maximum absolute atomic E-state index is 13.6. The van der Waals surface area contributed by atoms with E-state index in [2.05, 4.69) is 32.2 Å². The first-order chi connectivity index (χ1) is 16.2. The number of nitrogens with zero attached hydrogens (tertiary/aromatic N) is 3. The summed E-state index contributed by atoms with van der Waals surface area (Å²) in [5.41, 5.74) is 3.12. The van der Waals surface area contributed by atoms with Gasteiger partial charge in [0.1, 0.15) is 0 Å². The fourth-order valence-electron chi connectivity index (χ4n) is 3.93. The highest BCUT2D eigenvalue weighted by atomic mass is 19.1. The number of anilines is 2. The fourth-order valence-corrected chi connectivity index (χ4v) is 3.93. The Morgan fingerprint density at radius 3 is 2.48 bits per heavy atom. The number of carbonyl (C=O) groups excluding carboxylic acids is 1. The van der Waals surface area contributed by atoms with Gasteiger partial charge in [-0.2, -0.15) is 0 Å². The van der Waals surface area contributed by atoms with Crippen molar-refractivity contribution in [3.8, 4) is 5.75 Å². The van der Waals surface area contributed by atoms with Crippen molar-refractivity contribution in [2.45, 2.75) is 12.8 Å². The van der Waals surface area contributed by atoms with Gasteiger partial charge in [-0.3, -0.25) is 14.7 Å². The third kappa shape index (κ3) is 6.52. The molecule has 0 saturated carbocycles. The van der Waals surface area contributed by atoms with Crippen LogP contribution in [0.2, 0.25) is 0 Å². The van der Waals surface area contributed by atoms with E-state index in [1.807, 2.05) is 36.7 Å². The topological polar surface area (TPSA) is 57.7 Å². The van der Waals surface area contributed by atoms with Crippen LogP contribution in [0.5, 0.6) is 5.75 Å². The summed E-state index contributed by atoms with van der Waals surface area (Å²) < 4.78 is 19.0. The third-order valence-corrected chi connectivity index (χ3v) is 5.78. The van der Waals surface area contributed by atoms with Gasteiger partial charge in [0.2, 0.25) is 5.91 Å². The summed E-state index contributed by atoms with van der Waals surface area (Å²) in [5.74, 6) is -0.426. The number of amides is 1. The summed E-state index contributed by atoms with van der Waals surface area (Å²) in [5, 5.41) is 2.99. The molecule has 2 heterocycles. The van der Waals surface area contributed by atoms with E-state index in [-0.39, 0.29) is 24.7 Å². The lowest BCUT2D eigenvalue weighted by Crippen LogP contribution is -2.47. The second-order valence-electron chi connectivity index (χ2n) is 8.03. The van der Waals surface area contributed by atoms with Crippen LogP contribution in [0.1, 0.15) is 12.0 Å². The molecule has 3 aromatic rings. The number of rotatable bonds is 9. The zero-order valence-electron chi connectivity index (χ0n) is 18.6. The molecule has 1 aliphatic heterocycles. The third-order valence-electron chi connectivity index (χ3n) is 5.78. The van der Waals surface area contributed by atoms with Gasteiger partial charge < -0.3 is 15.0 Å². The molecule has 0 unspecified atom stereocenters. The zero-order valence-corrected chi connectivity index (χ0v) is 18.6. The second kappa shape index (κ2) is 11.4. The molecule has 2 aromatic carbocycles. The summed E-state index contributed by atoms with van der Waals surface area (Å²) in [6.45, 7) is 4.90. The van der Waals surface area contributed by atoms with Crippen molar-refractivity contribution in [3.05, 3.63) is 84.4 Å². The summed E-state index contributed by atoms with van der Waals surface area (Å²) >= 11 is 0. The van der Waals surface area contributed by atoms with E-state index in [4.69, 9.17) is 4.74 Å². The normalized spacial score (nSPS) is 14.2. The standard InChI is InChI=1S/C26H29FN4O2/c27-22-5-1-4-8-25(22)33-20-12-26(32)29-23-6-2-3-7-24(23)31-18-16-30(17-19-31)15-11-21-9-13-28-14-10-21/h1-10,13-14H,11-12,15-20H2,(H,29,32). The molecule has 0 bridgehead atoms. The molecule has 1 aliphatic rings. The summed E-state index contributed by atoms with van der Waals surface area (Å²) in [6.07, 6.45) is 4.84. The van der Waals surface area contributed by atoms with Gasteiger partial charge >= 0.3 is 0 Å². The highest BCUT2D eigenvalue weighted by molar-refractivity contribution is 5.94. The quantitative estimate of drug-likeness (QED) is 0.536. The van der Waals surface area contributed by atoms with E-state index in [9.17, 15) is 9.18 Å². The first-order valence-electron chi connectivity index (χ1n) is 11.3. The largest absolute Gasteiger partial charge is 0.490 e. The van der Waals surface area contributed by atoms with Gasteiger partial charge in [0.25, 0.3) is 0 Å². The Kier molecular flexibility index (Phi) is 7.87. The Morgan fingerprint density at radius 1 is 0.970 bits per heavy atom. The minimum absolute atomic E-state index is 0.116. The van der Waals surface area contributed by atoms with Crippen LogP contribution in [0.4, 0.5) is 15.8 Å². The van der Waals surface area contributed by atoms with Crippen LogP contribution < -0.4 is 15.0 Å². The molecule has 0 spiro atoms. The van der Waals surface area contributed by atoms with Crippen LogP contribution in [0.15, 0.2) is 73.1 Å². The van der Waals surface area contributed by atoms with E-state index in [0.29, 0.717) is 0 Å². The lowest BCUT2D eigenvalue weighted by Gasteiger charge is -2.37. The molecule has 7 heteroatoms. The van der Waals surface area contributed by atoms with Gasteiger partial charge in [0.15, 0.2) is 11.6 Å². The summed E-state index contributed by atoms with van der Waals surface area (Å²) in [7, 11) is 0. The van der Waals surface area contributed by atoms with Gasteiger partial charge in [-0.25, -0.2) is 4.39 Å². The minimum atomic E-state index is -0.428. The van der Waals surface area contributed by atoms with Crippen molar-refractivity contribution in [1.29, 1.82) is 0 Å². The molecule has 1 aromatic heterocycles. The van der Waals surface area contributed by atoms with E-state index < -0.39 is 5.82 Å². The first kappa shape index (κ1) is 22.7. The van der Waals surface area contributed by atoms with Gasteiger partial charge in [-0.15, -0.1) is 0 Å². The van der Waals surface area contributed by atoms with Crippen molar-refractivity contribution in [2.24, 2.45) is 0 Å². The molecule has 4 rings (SSSR count). The minimum Gasteiger partial charge on any atom is -0.490 e. The predicted molar refractivity (Wildman–Crippen MR) is 128 cm³/mol. The van der Waals surface area contributed by atoms with E-state index >= 15 is 0 Å². The number of ether oxygens (including phenoxy) is 1. The van der Waals surface area contributed by atoms with Crippen LogP contribution in [0.25, 0.3) is 0 Å². The predicted octanol–water partition coefficient (Wildman–Crippen LogP) is 3.99. The number of nitrogens with one attached hydrogen (secondary N) is 1. The number of aromatic nitrogens is 1. The smallest absolute Gasteiger partial charge is 0.227 e. The Balaban J connectivity index is 1.26. The van der Waals surface area contributed by atoms with Crippen molar-refractivity contribution < 1.29 is 13.9 Å².